The van der Waals surface area contributed by atoms with Gasteiger partial charge in [0.1, 0.15) is 5.76 Å². The van der Waals surface area contributed by atoms with Gasteiger partial charge in [-0.3, -0.25) is 4.57 Å². The van der Waals surface area contributed by atoms with Gasteiger partial charge in [-0.25, -0.2) is 9.79 Å². The molecule has 0 spiro atoms. The molecule has 0 saturated carbocycles. The predicted molar refractivity (Wildman–Crippen MR) is 102 cm³/mol. The third-order valence-corrected chi connectivity index (χ3v) is 4.49. The fraction of sp³-hybridized carbons (Fsp3) is 0.190. The maximum atomic E-state index is 12.3. The van der Waals surface area contributed by atoms with E-state index in [-0.39, 0.29) is 5.70 Å². The van der Waals surface area contributed by atoms with Gasteiger partial charge in [0.2, 0.25) is 5.90 Å². The molecule has 2 aromatic heterocycles. The zero-order valence-electron chi connectivity index (χ0n) is 15.6. The van der Waals surface area contributed by atoms with Crippen molar-refractivity contribution < 1.29 is 14.1 Å². The van der Waals surface area contributed by atoms with Gasteiger partial charge in [0.15, 0.2) is 11.5 Å². The van der Waals surface area contributed by atoms with Crippen molar-refractivity contribution in [3.05, 3.63) is 75.9 Å². The lowest BCUT2D eigenvalue weighted by atomic mass is 10.1. The summed E-state index contributed by atoms with van der Waals surface area (Å²) in [6.45, 7) is 7.78. The van der Waals surface area contributed by atoms with Gasteiger partial charge in [0.25, 0.3) is 0 Å². The Bertz CT molecular complexity index is 1120. The maximum absolute atomic E-state index is 12.3. The molecule has 0 N–H and O–H groups in total. The first-order valence-electron chi connectivity index (χ1n) is 8.64. The fourth-order valence-corrected chi connectivity index (χ4v) is 3.20. The van der Waals surface area contributed by atoms with Crippen molar-refractivity contribution in [2.45, 2.75) is 27.7 Å². The lowest BCUT2D eigenvalue weighted by Gasteiger charge is -2.03. The number of benzene rings is 1. The van der Waals surface area contributed by atoms with Crippen LogP contribution in [0.5, 0.6) is 0 Å². The second-order valence-electron chi connectivity index (χ2n) is 6.66. The first-order chi connectivity index (χ1) is 12.9. The van der Waals surface area contributed by atoms with Crippen molar-refractivity contribution in [3.63, 3.8) is 0 Å². The van der Waals surface area contributed by atoms with E-state index in [9.17, 15) is 4.79 Å². The standard InChI is InChI=1S/C21H19N3O3/c1-12-6-5-7-16(8-12)20-22-18(21(25)26-20)11-17-9-13(2)24(15(17)4)19-10-14(3)27-23-19/h5-11H,1-4H3/b18-11+. The zero-order valence-corrected chi connectivity index (χ0v) is 15.6. The van der Waals surface area contributed by atoms with Crippen molar-refractivity contribution in [1.29, 1.82) is 0 Å². The molecule has 0 amide bonds. The van der Waals surface area contributed by atoms with Crippen LogP contribution in [0.3, 0.4) is 0 Å². The average molecular weight is 361 g/mol. The van der Waals surface area contributed by atoms with E-state index < -0.39 is 5.97 Å². The first-order valence-corrected chi connectivity index (χ1v) is 8.64. The molecule has 0 atom stereocenters. The van der Waals surface area contributed by atoms with Crippen LogP contribution in [0.25, 0.3) is 11.9 Å². The van der Waals surface area contributed by atoms with E-state index in [1.54, 1.807) is 6.08 Å². The smallest absolute Gasteiger partial charge is 0.363 e. The Morgan fingerprint density at radius 3 is 2.59 bits per heavy atom. The van der Waals surface area contributed by atoms with Crippen molar-refractivity contribution in [2.24, 2.45) is 4.99 Å². The number of aryl methyl sites for hydroxylation is 3. The second-order valence-corrected chi connectivity index (χ2v) is 6.66. The Morgan fingerprint density at radius 2 is 1.89 bits per heavy atom. The molecule has 6 heteroatoms. The van der Waals surface area contributed by atoms with Gasteiger partial charge in [-0.1, -0.05) is 22.9 Å². The fourth-order valence-electron chi connectivity index (χ4n) is 3.20. The molecular weight excluding hydrogens is 342 g/mol. The number of cyclic esters (lactones) is 1. The highest BCUT2D eigenvalue weighted by Crippen LogP contribution is 2.25. The Balaban J connectivity index is 1.72. The Hall–Kier alpha value is -3.41. The SMILES string of the molecule is Cc1cccc(C2=N/C(=C/c3cc(C)n(-c4cc(C)on4)c3C)C(=O)O2)c1. The van der Waals surface area contributed by atoms with Gasteiger partial charge in [0.05, 0.1) is 0 Å². The van der Waals surface area contributed by atoms with E-state index >= 15 is 0 Å². The van der Waals surface area contributed by atoms with E-state index in [0.717, 1.165) is 33.8 Å². The highest BCUT2D eigenvalue weighted by atomic mass is 16.6. The van der Waals surface area contributed by atoms with Crippen molar-refractivity contribution >= 4 is 17.9 Å². The van der Waals surface area contributed by atoms with Gasteiger partial charge in [0, 0.05) is 23.0 Å². The number of aliphatic imine (C=N–C) groups is 1. The van der Waals surface area contributed by atoms with Crippen LogP contribution in [0.2, 0.25) is 0 Å². The number of hydrogen-bond acceptors (Lipinski definition) is 5. The van der Waals surface area contributed by atoms with Gasteiger partial charge < -0.3 is 9.26 Å². The van der Waals surface area contributed by atoms with Gasteiger partial charge in [-0.05, 0) is 57.5 Å². The molecule has 27 heavy (non-hydrogen) atoms. The van der Waals surface area contributed by atoms with Crippen molar-refractivity contribution in [1.82, 2.24) is 9.72 Å². The Labute approximate surface area is 156 Å². The van der Waals surface area contributed by atoms with Crippen LogP contribution in [0.4, 0.5) is 0 Å². The minimum absolute atomic E-state index is 0.281. The molecule has 6 nitrogen and oxygen atoms in total. The molecule has 4 rings (SSSR count). The molecule has 1 aliphatic heterocycles. The quantitative estimate of drug-likeness (QED) is 0.521. The topological polar surface area (TPSA) is 69.6 Å². The van der Waals surface area contributed by atoms with E-state index in [1.807, 2.05) is 68.7 Å². The van der Waals surface area contributed by atoms with Gasteiger partial charge in [-0.2, -0.15) is 0 Å². The van der Waals surface area contributed by atoms with E-state index in [0.29, 0.717) is 11.7 Å². The Kier molecular flexibility index (Phi) is 4.03. The number of esters is 1. The molecular formula is C21H19N3O3. The van der Waals surface area contributed by atoms with E-state index in [4.69, 9.17) is 9.26 Å². The summed E-state index contributed by atoms with van der Waals surface area (Å²) in [4.78, 5) is 16.7. The number of ether oxygens (including phenoxy) is 1. The molecule has 0 unspecified atom stereocenters. The summed E-state index contributed by atoms with van der Waals surface area (Å²) in [5.41, 5.74) is 4.96. The van der Waals surface area contributed by atoms with Crippen LogP contribution in [0.15, 0.2) is 51.6 Å². The zero-order chi connectivity index (χ0) is 19.1. The van der Waals surface area contributed by atoms with Crippen LogP contribution in [-0.2, 0) is 9.53 Å². The number of carbonyl (C=O) groups is 1. The average Bonchev–Trinajstić information content (AvgIpc) is 3.27. The number of carbonyl (C=O) groups excluding carboxylic acids is 1. The highest BCUT2D eigenvalue weighted by Gasteiger charge is 2.25. The number of rotatable bonds is 3. The number of hydrogen-bond donors (Lipinski definition) is 0. The third kappa shape index (κ3) is 3.10. The predicted octanol–water partition coefficient (Wildman–Crippen LogP) is 4.04. The van der Waals surface area contributed by atoms with Crippen LogP contribution < -0.4 is 0 Å². The maximum Gasteiger partial charge on any atom is 0.363 e. The van der Waals surface area contributed by atoms with Crippen LogP contribution in [0.1, 0.15) is 33.8 Å². The molecule has 1 aliphatic rings. The second kappa shape index (κ2) is 6.39. The summed E-state index contributed by atoms with van der Waals surface area (Å²) in [6.07, 6.45) is 1.75. The summed E-state index contributed by atoms with van der Waals surface area (Å²) in [5, 5.41) is 4.08. The molecule has 0 radical (unpaired) electrons. The summed E-state index contributed by atoms with van der Waals surface area (Å²) in [6, 6.07) is 11.6. The highest BCUT2D eigenvalue weighted by molar-refractivity contribution is 6.12. The first kappa shape index (κ1) is 17.0. The van der Waals surface area contributed by atoms with Crippen LogP contribution in [0, 0.1) is 27.7 Å². The normalized spacial score (nSPS) is 15.3. The van der Waals surface area contributed by atoms with Crippen molar-refractivity contribution in [2.75, 3.05) is 0 Å². The van der Waals surface area contributed by atoms with E-state index in [1.165, 1.54) is 0 Å². The van der Waals surface area contributed by atoms with Crippen molar-refractivity contribution in [3.8, 4) is 5.82 Å². The Morgan fingerprint density at radius 1 is 1.07 bits per heavy atom. The minimum Gasteiger partial charge on any atom is -0.402 e. The van der Waals surface area contributed by atoms with Gasteiger partial charge >= 0.3 is 5.97 Å². The summed E-state index contributed by atoms with van der Waals surface area (Å²) >= 11 is 0. The summed E-state index contributed by atoms with van der Waals surface area (Å²) in [7, 11) is 0. The monoisotopic (exact) mass is 361 g/mol. The largest absolute Gasteiger partial charge is 0.402 e. The molecule has 0 aliphatic carbocycles. The molecule has 3 heterocycles. The molecule has 0 fully saturated rings. The summed E-state index contributed by atoms with van der Waals surface area (Å²) in [5.74, 6) is 1.33. The number of nitrogens with zero attached hydrogens (tertiary/aromatic N) is 3. The molecule has 136 valence electrons. The molecule has 0 saturated heterocycles. The van der Waals surface area contributed by atoms with Crippen LogP contribution >= 0.6 is 0 Å². The molecule has 3 aromatic rings. The lowest BCUT2D eigenvalue weighted by Crippen LogP contribution is -2.05. The molecule has 1 aromatic carbocycles. The lowest BCUT2D eigenvalue weighted by molar-refractivity contribution is -0.129. The third-order valence-electron chi connectivity index (χ3n) is 4.49. The van der Waals surface area contributed by atoms with E-state index in [2.05, 4.69) is 10.1 Å². The van der Waals surface area contributed by atoms with Gasteiger partial charge in [-0.15, -0.1) is 0 Å². The number of aromatic nitrogens is 2. The minimum atomic E-state index is -0.450. The van der Waals surface area contributed by atoms with Crippen LogP contribution in [-0.4, -0.2) is 21.6 Å². The molecule has 0 bridgehead atoms. The summed E-state index contributed by atoms with van der Waals surface area (Å²) < 4.78 is 12.5.